The molecule has 0 fully saturated rings. The zero-order chi connectivity index (χ0) is 10.4. The number of rotatable bonds is 0. The van der Waals surface area contributed by atoms with Crippen LogP contribution in [-0.4, -0.2) is 38.8 Å². The van der Waals surface area contributed by atoms with E-state index < -0.39 is 0 Å². The molecule has 1 aromatic carbocycles. The molecule has 100 valence electrons. The Morgan fingerprint density at radius 1 is 1.22 bits per heavy atom. The number of aromatic amines is 1. The van der Waals surface area contributed by atoms with Crippen LogP contribution >= 0.6 is 0 Å². The third-order valence-corrected chi connectivity index (χ3v) is 2.96. The van der Waals surface area contributed by atoms with E-state index in [4.69, 9.17) is 0 Å². The second-order valence-corrected chi connectivity index (χ2v) is 3.93. The molecule has 3 rings (SSSR count). The summed E-state index contributed by atoms with van der Waals surface area (Å²) in [7, 11) is 0. The highest BCUT2D eigenvalue weighted by molar-refractivity contribution is 6.05. The molecule has 6 nitrogen and oxygen atoms in total. The summed E-state index contributed by atoms with van der Waals surface area (Å²) >= 11 is 0. The third kappa shape index (κ3) is 2.21. The number of hydrogen-bond donors (Lipinski definition) is 2. The van der Waals surface area contributed by atoms with Gasteiger partial charge in [-0.05, 0) is 31.0 Å². The van der Waals surface area contributed by atoms with E-state index >= 15 is 0 Å². The number of nitrogens with one attached hydrogen (secondary N) is 1. The molecule has 0 aliphatic carbocycles. The first kappa shape index (κ1) is 16.1. The number of fused-ring (bicyclic) bond motifs is 3. The van der Waals surface area contributed by atoms with Crippen LogP contribution in [0.3, 0.4) is 0 Å². The van der Waals surface area contributed by atoms with Gasteiger partial charge in [-0.1, -0.05) is 0 Å². The molecule has 2 heterocycles. The van der Waals surface area contributed by atoms with Crippen LogP contribution in [0.4, 0.5) is 0 Å². The Morgan fingerprint density at radius 3 is 2.67 bits per heavy atom. The molecule has 0 bridgehead atoms. The summed E-state index contributed by atoms with van der Waals surface area (Å²) in [4.78, 5) is 7.73. The average Bonchev–Trinajstić information content (AvgIpc) is 2.57. The van der Waals surface area contributed by atoms with Crippen LogP contribution in [0.1, 0.15) is 18.2 Å². The van der Waals surface area contributed by atoms with Crippen LogP contribution in [0, 0.1) is 0 Å². The normalized spacial score (nSPS) is 12.6. The molecule has 2 aromatic rings. The lowest BCUT2D eigenvalue weighted by Crippen LogP contribution is -2.08. The van der Waals surface area contributed by atoms with E-state index in [0.717, 1.165) is 29.9 Å². The van der Waals surface area contributed by atoms with Crippen molar-refractivity contribution >= 4 is 16.6 Å². The van der Waals surface area contributed by atoms with Gasteiger partial charge in [0.05, 0.1) is 11.4 Å². The van der Waals surface area contributed by atoms with Crippen LogP contribution in [0.2, 0.25) is 0 Å². The van der Waals surface area contributed by atoms with E-state index in [1.807, 2.05) is 13.0 Å². The van der Waals surface area contributed by atoms with Gasteiger partial charge in [-0.25, -0.2) is 0 Å². The molecule has 6 heteroatoms. The maximum atomic E-state index is 9.41. The Hall–Kier alpha value is -1.89. The standard InChI is InChI=1S/C12H12N2O.3H2O/c1-7-12-10(4-5-13-7)9-3-2-8(15)6-11(9)14-12;;;/h2-3,6,14-15H,4-5H2,1H3;3*1H2. The molecule has 1 aromatic heterocycles. The highest BCUT2D eigenvalue weighted by Crippen LogP contribution is 2.28. The van der Waals surface area contributed by atoms with E-state index in [1.165, 1.54) is 10.9 Å². The second kappa shape index (κ2) is 5.63. The van der Waals surface area contributed by atoms with Crippen LogP contribution in [0.15, 0.2) is 23.2 Å². The fraction of sp³-hybridized carbons (Fsp3) is 0.250. The molecule has 0 atom stereocenters. The minimum atomic E-state index is 0. The van der Waals surface area contributed by atoms with E-state index in [1.54, 1.807) is 12.1 Å². The first-order chi connectivity index (χ1) is 7.25. The molecule has 1 aliphatic heterocycles. The first-order valence-corrected chi connectivity index (χ1v) is 5.11. The van der Waals surface area contributed by atoms with Crippen molar-refractivity contribution < 1.29 is 21.5 Å². The summed E-state index contributed by atoms with van der Waals surface area (Å²) in [5, 5.41) is 10.6. The lowest BCUT2D eigenvalue weighted by Gasteiger charge is -2.08. The first-order valence-electron chi connectivity index (χ1n) is 5.11. The van der Waals surface area contributed by atoms with E-state index in [9.17, 15) is 5.11 Å². The van der Waals surface area contributed by atoms with Crippen LogP contribution in [0.5, 0.6) is 5.75 Å². The van der Waals surface area contributed by atoms with Gasteiger partial charge in [0.2, 0.25) is 0 Å². The molecule has 0 unspecified atom stereocenters. The smallest absolute Gasteiger partial charge is 0.117 e. The van der Waals surface area contributed by atoms with Gasteiger partial charge < -0.3 is 26.5 Å². The van der Waals surface area contributed by atoms with E-state index in [0.29, 0.717) is 5.75 Å². The minimum absolute atomic E-state index is 0. The average molecular weight is 254 g/mol. The largest absolute Gasteiger partial charge is 0.508 e. The van der Waals surface area contributed by atoms with Crippen LogP contribution in [-0.2, 0) is 6.42 Å². The van der Waals surface area contributed by atoms with E-state index in [-0.39, 0.29) is 16.4 Å². The Bertz CT molecular complexity index is 575. The van der Waals surface area contributed by atoms with Crippen molar-refractivity contribution in [3.8, 4) is 5.75 Å². The SMILES string of the molecule is CC1=NCCc2c1[nH]c1cc(O)ccc21.O.O.O. The summed E-state index contributed by atoms with van der Waals surface area (Å²) in [5.41, 5.74) is 4.52. The van der Waals surface area contributed by atoms with Gasteiger partial charge >= 0.3 is 0 Å². The van der Waals surface area contributed by atoms with E-state index in [2.05, 4.69) is 9.98 Å². The molecule has 0 amide bonds. The predicted octanol–water partition coefficient (Wildman–Crippen LogP) is -0.236. The van der Waals surface area contributed by atoms with Gasteiger partial charge in [-0.2, -0.15) is 0 Å². The number of phenols is 1. The maximum Gasteiger partial charge on any atom is 0.117 e. The van der Waals surface area contributed by atoms with Gasteiger partial charge in [-0.3, -0.25) is 4.99 Å². The number of hydrogen-bond acceptors (Lipinski definition) is 2. The second-order valence-electron chi connectivity index (χ2n) is 3.93. The molecular formula is C12H18N2O4. The van der Waals surface area contributed by atoms with Crippen LogP contribution < -0.4 is 0 Å². The fourth-order valence-corrected chi connectivity index (χ4v) is 2.23. The molecule has 8 N–H and O–H groups in total. The Balaban J connectivity index is 0.000000963. The number of aliphatic imine (C=N–C) groups is 1. The molecule has 18 heavy (non-hydrogen) atoms. The van der Waals surface area contributed by atoms with Crippen molar-refractivity contribution in [2.75, 3.05) is 6.54 Å². The molecule has 0 radical (unpaired) electrons. The number of phenolic OH excluding ortho intramolecular Hbond substituents is 1. The quantitative estimate of drug-likeness (QED) is 0.657. The Morgan fingerprint density at radius 2 is 1.94 bits per heavy atom. The van der Waals surface area contributed by atoms with Crippen molar-refractivity contribution in [3.05, 3.63) is 29.5 Å². The molecular weight excluding hydrogens is 236 g/mol. The number of aromatic hydroxyl groups is 1. The van der Waals surface area contributed by atoms with Gasteiger partial charge in [0.1, 0.15) is 5.75 Å². The zero-order valence-electron chi connectivity index (χ0n) is 10.0. The third-order valence-electron chi connectivity index (χ3n) is 2.96. The Labute approximate surface area is 104 Å². The summed E-state index contributed by atoms with van der Waals surface area (Å²) in [5.74, 6) is 0.302. The minimum Gasteiger partial charge on any atom is -0.508 e. The summed E-state index contributed by atoms with van der Waals surface area (Å²) < 4.78 is 0. The number of nitrogens with zero attached hydrogens (tertiary/aromatic N) is 1. The topological polar surface area (TPSA) is 143 Å². The Kier molecular flexibility index (Phi) is 5.04. The summed E-state index contributed by atoms with van der Waals surface area (Å²) in [6.07, 6.45) is 0.984. The van der Waals surface area contributed by atoms with Crippen LogP contribution in [0.25, 0.3) is 10.9 Å². The summed E-state index contributed by atoms with van der Waals surface area (Å²) in [6.45, 7) is 2.89. The van der Waals surface area contributed by atoms with Gasteiger partial charge in [0.25, 0.3) is 0 Å². The monoisotopic (exact) mass is 254 g/mol. The molecule has 0 spiro atoms. The van der Waals surface area contributed by atoms with Crippen molar-refractivity contribution in [1.82, 2.24) is 4.98 Å². The maximum absolute atomic E-state index is 9.41. The molecule has 0 saturated carbocycles. The van der Waals surface area contributed by atoms with Crippen molar-refractivity contribution in [2.24, 2.45) is 4.99 Å². The highest BCUT2D eigenvalue weighted by Gasteiger charge is 2.16. The molecule has 1 aliphatic rings. The lowest BCUT2D eigenvalue weighted by atomic mass is 10.0. The number of H-pyrrole nitrogens is 1. The zero-order valence-corrected chi connectivity index (χ0v) is 10.0. The van der Waals surface area contributed by atoms with Gasteiger partial charge in [-0.15, -0.1) is 0 Å². The predicted molar refractivity (Wildman–Crippen MR) is 71.6 cm³/mol. The molecule has 0 saturated heterocycles. The number of aromatic nitrogens is 1. The fourth-order valence-electron chi connectivity index (χ4n) is 2.23. The van der Waals surface area contributed by atoms with Crippen molar-refractivity contribution in [2.45, 2.75) is 13.3 Å². The highest BCUT2D eigenvalue weighted by atomic mass is 16.3. The lowest BCUT2D eigenvalue weighted by molar-refractivity contribution is 0.476. The summed E-state index contributed by atoms with van der Waals surface area (Å²) in [6, 6.07) is 5.47. The van der Waals surface area contributed by atoms with Gasteiger partial charge in [0.15, 0.2) is 0 Å². The van der Waals surface area contributed by atoms with Crippen molar-refractivity contribution in [3.63, 3.8) is 0 Å². The van der Waals surface area contributed by atoms with Crippen molar-refractivity contribution in [1.29, 1.82) is 0 Å². The van der Waals surface area contributed by atoms with Gasteiger partial charge in [0, 0.05) is 23.5 Å². The number of benzene rings is 1.